The molecular weight excluding hydrogens is 204 g/mol. The normalized spacial score (nSPS) is 20.2. The summed E-state index contributed by atoms with van der Waals surface area (Å²) in [5, 5.41) is 5.62. The van der Waals surface area contributed by atoms with Crippen molar-refractivity contribution in [2.75, 3.05) is 6.54 Å². The van der Waals surface area contributed by atoms with Crippen LogP contribution in [0.15, 0.2) is 29.6 Å². The molecule has 0 amide bonds. The second-order valence-electron chi connectivity index (χ2n) is 3.95. The van der Waals surface area contributed by atoms with Crippen LogP contribution in [0, 0.1) is 0 Å². The molecule has 1 aliphatic rings. The highest BCUT2D eigenvalue weighted by molar-refractivity contribution is 7.13. The molecule has 0 bridgehead atoms. The molecule has 3 heteroatoms. The van der Waals surface area contributed by atoms with E-state index in [1.807, 2.05) is 11.3 Å². The first kappa shape index (κ1) is 9.19. The molecule has 0 saturated heterocycles. The Morgan fingerprint density at radius 3 is 3.13 bits per heavy atom. The predicted molar refractivity (Wildman–Crippen MR) is 64.2 cm³/mol. The Kier molecular flexibility index (Phi) is 2.15. The van der Waals surface area contributed by atoms with E-state index in [4.69, 9.17) is 0 Å². The van der Waals surface area contributed by atoms with Crippen molar-refractivity contribution < 1.29 is 0 Å². The van der Waals surface area contributed by atoms with Crippen LogP contribution in [0.1, 0.15) is 18.7 Å². The monoisotopic (exact) mass is 218 g/mol. The third kappa shape index (κ3) is 1.43. The highest BCUT2D eigenvalue weighted by Gasteiger charge is 2.18. The average molecular weight is 218 g/mol. The van der Waals surface area contributed by atoms with Crippen LogP contribution in [0.25, 0.3) is 10.6 Å². The van der Waals surface area contributed by atoms with E-state index in [1.54, 1.807) is 0 Å². The summed E-state index contributed by atoms with van der Waals surface area (Å²) in [6.45, 7) is 4.38. The Bertz CT molecular complexity index is 456. The van der Waals surface area contributed by atoms with Crippen molar-refractivity contribution in [1.82, 2.24) is 9.88 Å². The zero-order valence-electron chi connectivity index (χ0n) is 8.73. The van der Waals surface area contributed by atoms with E-state index in [9.17, 15) is 0 Å². The molecule has 78 valence electrons. The largest absolute Gasteiger partial charge is 0.341 e. The molecule has 0 aromatic carbocycles. The molecule has 1 unspecified atom stereocenters. The maximum Gasteiger partial charge on any atom is 0.0584 e. The first-order valence-electron chi connectivity index (χ1n) is 5.33. The Labute approximate surface area is 93.6 Å². The van der Waals surface area contributed by atoms with Gasteiger partial charge in [0, 0.05) is 24.8 Å². The second kappa shape index (κ2) is 3.51. The van der Waals surface area contributed by atoms with E-state index >= 15 is 0 Å². The molecule has 0 saturated carbocycles. The number of nitrogens with one attached hydrogen (secondary N) is 1. The molecular formula is C12H14N2S. The lowest BCUT2D eigenvalue weighted by Gasteiger charge is -2.24. The maximum absolute atomic E-state index is 3.48. The number of rotatable bonds is 1. The molecule has 2 aromatic rings. The third-order valence-corrected chi connectivity index (χ3v) is 3.91. The number of nitrogens with zero attached hydrogens (tertiary/aromatic N) is 1. The zero-order valence-corrected chi connectivity index (χ0v) is 9.55. The minimum absolute atomic E-state index is 0.479. The highest BCUT2D eigenvalue weighted by Crippen LogP contribution is 2.30. The van der Waals surface area contributed by atoms with E-state index in [0.717, 1.165) is 13.1 Å². The molecule has 3 rings (SSSR count). The zero-order chi connectivity index (χ0) is 10.3. The summed E-state index contributed by atoms with van der Waals surface area (Å²) in [4.78, 5) is 1.37. The molecule has 0 fully saturated rings. The van der Waals surface area contributed by atoms with Crippen LogP contribution >= 0.6 is 11.3 Å². The topological polar surface area (TPSA) is 17.0 Å². The fraction of sp³-hybridized carbons (Fsp3) is 0.333. The third-order valence-electron chi connectivity index (χ3n) is 3.02. The van der Waals surface area contributed by atoms with E-state index < -0.39 is 0 Å². The van der Waals surface area contributed by atoms with Crippen molar-refractivity contribution in [3.63, 3.8) is 0 Å². The first-order chi connectivity index (χ1) is 7.36. The minimum atomic E-state index is 0.479. The maximum atomic E-state index is 3.48. The van der Waals surface area contributed by atoms with Gasteiger partial charge in [0.15, 0.2) is 0 Å². The molecule has 0 aliphatic carbocycles. The molecule has 3 heterocycles. The summed E-state index contributed by atoms with van der Waals surface area (Å²) in [6.07, 6.45) is 0. The quantitative estimate of drug-likeness (QED) is 0.779. The number of fused-ring (bicyclic) bond motifs is 1. The lowest BCUT2D eigenvalue weighted by molar-refractivity contribution is 0.451. The number of hydrogen-bond donors (Lipinski definition) is 1. The summed E-state index contributed by atoms with van der Waals surface area (Å²) in [7, 11) is 0. The van der Waals surface area contributed by atoms with Crippen LogP contribution in [0.3, 0.4) is 0 Å². The van der Waals surface area contributed by atoms with Crippen molar-refractivity contribution in [1.29, 1.82) is 0 Å². The smallest absolute Gasteiger partial charge is 0.0584 e. The van der Waals surface area contributed by atoms with E-state index in [1.165, 1.54) is 16.3 Å². The number of hydrogen-bond acceptors (Lipinski definition) is 2. The lowest BCUT2D eigenvalue weighted by atomic mass is 10.2. The van der Waals surface area contributed by atoms with Crippen LogP contribution in [-0.4, -0.2) is 11.1 Å². The molecule has 15 heavy (non-hydrogen) atoms. The van der Waals surface area contributed by atoms with Crippen LogP contribution in [-0.2, 0) is 6.54 Å². The van der Waals surface area contributed by atoms with Gasteiger partial charge >= 0.3 is 0 Å². The Balaban J connectivity index is 2.11. The van der Waals surface area contributed by atoms with Gasteiger partial charge in [-0.2, -0.15) is 0 Å². The number of thiophene rings is 1. The van der Waals surface area contributed by atoms with Crippen LogP contribution in [0.2, 0.25) is 0 Å². The van der Waals surface area contributed by atoms with Crippen LogP contribution < -0.4 is 5.32 Å². The fourth-order valence-electron chi connectivity index (χ4n) is 2.25. The van der Waals surface area contributed by atoms with Gasteiger partial charge in [0.1, 0.15) is 0 Å². The average Bonchev–Trinajstić information content (AvgIpc) is 2.85. The van der Waals surface area contributed by atoms with Gasteiger partial charge in [0.2, 0.25) is 0 Å². The van der Waals surface area contributed by atoms with Crippen molar-refractivity contribution in [2.24, 2.45) is 0 Å². The minimum Gasteiger partial charge on any atom is -0.341 e. The standard InChI is InChI=1S/C12H14N2S/c1-9-10-4-5-11(12-3-2-8-15-12)14(10)7-6-13-9/h2-5,8-9,13H,6-7H2,1H3. The van der Waals surface area contributed by atoms with Crippen molar-refractivity contribution in [3.05, 3.63) is 35.3 Å². The van der Waals surface area contributed by atoms with E-state index in [0.29, 0.717) is 6.04 Å². The van der Waals surface area contributed by atoms with Gasteiger partial charge in [-0.05, 0) is 30.5 Å². The summed E-state index contributed by atoms with van der Waals surface area (Å²) in [5.74, 6) is 0. The summed E-state index contributed by atoms with van der Waals surface area (Å²) >= 11 is 1.81. The van der Waals surface area contributed by atoms with Gasteiger partial charge in [-0.15, -0.1) is 11.3 Å². The lowest BCUT2D eigenvalue weighted by Crippen LogP contribution is -2.31. The first-order valence-corrected chi connectivity index (χ1v) is 6.21. The molecule has 1 aliphatic heterocycles. The summed E-state index contributed by atoms with van der Waals surface area (Å²) < 4.78 is 2.44. The van der Waals surface area contributed by atoms with Gasteiger partial charge in [0.05, 0.1) is 10.6 Å². The van der Waals surface area contributed by atoms with Gasteiger partial charge in [-0.3, -0.25) is 0 Å². The van der Waals surface area contributed by atoms with Gasteiger partial charge < -0.3 is 9.88 Å². The predicted octanol–water partition coefficient (Wildman–Crippen LogP) is 2.88. The molecule has 1 N–H and O–H groups in total. The van der Waals surface area contributed by atoms with Gasteiger partial charge in [-0.1, -0.05) is 6.07 Å². The van der Waals surface area contributed by atoms with Gasteiger partial charge in [0.25, 0.3) is 0 Å². The number of aromatic nitrogens is 1. The Morgan fingerprint density at radius 2 is 2.33 bits per heavy atom. The van der Waals surface area contributed by atoms with E-state index in [-0.39, 0.29) is 0 Å². The molecule has 1 atom stereocenters. The highest BCUT2D eigenvalue weighted by atomic mass is 32.1. The van der Waals surface area contributed by atoms with Crippen molar-refractivity contribution in [3.8, 4) is 10.6 Å². The molecule has 2 aromatic heterocycles. The molecule has 0 radical (unpaired) electrons. The van der Waals surface area contributed by atoms with Gasteiger partial charge in [-0.25, -0.2) is 0 Å². The SMILES string of the molecule is CC1NCCn2c(-c3cccs3)ccc21. The summed E-state index contributed by atoms with van der Waals surface area (Å²) in [6, 6.07) is 9.27. The fourth-order valence-corrected chi connectivity index (χ4v) is 3.01. The van der Waals surface area contributed by atoms with Crippen LogP contribution in [0.4, 0.5) is 0 Å². The molecule has 0 spiro atoms. The molecule has 2 nitrogen and oxygen atoms in total. The second-order valence-corrected chi connectivity index (χ2v) is 4.90. The Morgan fingerprint density at radius 1 is 1.40 bits per heavy atom. The Hall–Kier alpha value is -1.06. The van der Waals surface area contributed by atoms with Crippen molar-refractivity contribution >= 4 is 11.3 Å². The summed E-state index contributed by atoms with van der Waals surface area (Å²) in [5.41, 5.74) is 2.78. The van der Waals surface area contributed by atoms with Crippen molar-refractivity contribution in [2.45, 2.75) is 19.5 Å². The van der Waals surface area contributed by atoms with E-state index in [2.05, 4.69) is 46.5 Å². The van der Waals surface area contributed by atoms with Crippen LogP contribution in [0.5, 0.6) is 0 Å².